The summed E-state index contributed by atoms with van der Waals surface area (Å²) in [6, 6.07) is 57.8. The average molecular weight is 922 g/mol. The molecule has 0 fully saturated rings. The second kappa shape index (κ2) is 15.8. The normalized spacial score (nSPS) is 11.4. The summed E-state index contributed by atoms with van der Waals surface area (Å²) in [5.41, 5.74) is 13.2. The molecule has 0 amide bonds. The van der Waals surface area contributed by atoms with Crippen LogP contribution in [0.15, 0.2) is 152 Å². The number of hydrogen-bond acceptors (Lipinski definition) is 3. The first-order valence-corrected chi connectivity index (χ1v) is 19.3. The van der Waals surface area contributed by atoms with Crippen LogP contribution in [0.25, 0.3) is 66.7 Å². The Morgan fingerprint density at radius 2 is 1.25 bits per heavy atom. The average Bonchev–Trinajstić information content (AvgIpc) is 3.78. The number of aryl methyl sites for hydroxylation is 1. The Labute approximate surface area is 348 Å². The fourth-order valence-corrected chi connectivity index (χ4v) is 7.92. The molecule has 6 heteroatoms. The zero-order valence-corrected chi connectivity index (χ0v) is 34.9. The van der Waals surface area contributed by atoms with Gasteiger partial charge >= 0.3 is 21.1 Å². The van der Waals surface area contributed by atoms with Gasteiger partial charge in [-0.15, -0.1) is 35.7 Å². The summed E-state index contributed by atoms with van der Waals surface area (Å²) in [5.74, 6) is 2.33. The van der Waals surface area contributed by atoms with Crippen molar-refractivity contribution in [3.63, 3.8) is 0 Å². The maximum absolute atomic E-state index is 6.60. The maximum atomic E-state index is 6.60. The van der Waals surface area contributed by atoms with E-state index in [0.717, 1.165) is 50.3 Å². The minimum Gasteiger partial charge on any atom is -0.509 e. The number of pyridine rings is 1. The molecule has 9 rings (SSSR count). The van der Waals surface area contributed by atoms with E-state index < -0.39 is 0 Å². The predicted molar refractivity (Wildman–Crippen MR) is 229 cm³/mol. The Morgan fingerprint density at radius 3 is 1.91 bits per heavy atom. The van der Waals surface area contributed by atoms with Gasteiger partial charge in [0.15, 0.2) is 0 Å². The minimum atomic E-state index is 0. The van der Waals surface area contributed by atoms with E-state index in [9.17, 15) is 0 Å². The largest absolute Gasteiger partial charge is 2.00 e. The summed E-state index contributed by atoms with van der Waals surface area (Å²) in [4.78, 5) is 4.74. The minimum absolute atomic E-state index is 0. The van der Waals surface area contributed by atoms with E-state index in [0.29, 0.717) is 11.5 Å². The molecule has 0 radical (unpaired) electrons. The van der Waals surface area contributed by atoms with Gasteiger partial charge in [0.1, 0.15) is 5.82 Å². The number of hydrogen-bond donors (Lipinski definition) is 0. The fourth-order valence-electron chi connectivity index (χ4n) is 7.92. The maximum Gasteiger partial charge on any atom is 2.00 e. The van der Waals surface area contributed by atoms with E-state index in [-0.39, 0.29) is 32.9 Å². The summed E-state index contributed by atoms with van der Waals surface area (Å²) >= 11 is 0. The second-order valence-corrected chi connectivity index (χ2v) is 15.0. The van der Waals surface area contributed by atoms with E-state index in [1.807, 2.05) is 30.5 Å². The molecule has 3 heterocycles. The smallest absolute Gasteiger partial charge is 0.509 e. The van der Waals surface area contributed by atoms with Gasteiger partial charge in [-0.1, -0.05) is 130 Å². The number of benzene rings is 6. The van der Waals surface area contributed by atoms with Gasteiger partial charge in [0.05, 0.1) is 11.4 Å². The fraction of sp³-hybridized carbons (Fsp3) is 0.137. The van der Waals surface area contributed by atoms with Crippen LogP contribution in [0.2, 0.25) is 0 Å². The van der Waals surface area contributed by atoms with E-state index in [1.165, 1.54) is 33.4 Å². The quantitative estimate of drug-likeness (QED) is 0.136. The van der Waals surface area contributed by atoms with Crippen molar-refractivity contribution in [3.05, 3.63) is 181 Å². The van der Waals surface area contributed by atoms with Crippen molar-refractivity contribution in [1.29, 1.82) is 0 Å². The van der Waals surface area contributed by atoms with E-state index in [4.69, 9.17) is 14.8 Å². The summed E-state index contributed by atoms with van der Waals surface area (Å²) in [6.07, 6.45) is 1.85. The predicted octanol–water partition coefficient (Wildman–Crippen LogP) is 13.3. The molecular formula is C51H42N4OPt. The van der Waals surface area contributed by atoms with Crippen molar-refractivity contribution in [2.24, 2.45) is 0 Å². The van der Waals surface area contributed by atoms with Crippen LogP contribution >= 0.6 is 0 Å². The van der Waals surface area contributed by atoms with Crippen LogP contribution < -0.4 is 4.74 Å². The molecule has 0 saturated carbocycles. The van der Waals surface area contributed by atoms with Crippen LogP contribution in [0.1, 0.15) is 56.5 Å². The van der Waals surface area contributed by atoms with Gasteiger partial charge in [-0.05, 0) is 75.8 Å². The van der Waals surface area contributed by atoms with E-state index in [1.54, 1.807) is 0 Å². The Bertz CT molecular complexity index is 2800. The molecule has 3 aromatic heterocycles. The third-order valence-corrected chi connectivity index (χ3v) is 10.4. The Morgan fingerprint density at radius 1 is 0.596 bits per heavy atom. The Hall–Kier alpha value is -6.03. The first-order valence-electron chi connectivity index (χ1n) is 19.3. The zero-order chi connectivity index (χ0) is 38.3. The van der Waals surface area contributed by atoms with E-state index in [2.05, 4.69) is 177 Å². The third kappa shape index (κ3) is 7.02. The molecule has 282 valence electrons. The monoisotopic (exact) mass is 921 g/mol. The molecule has 5 nitrogen and oxygen atoms in total. The van der Waals surface area contributed by atoms with Crippen molar-refractivity contribution in [2.75, 3.05) is 0 Å². The first-order chi connectivity index (χ1) is 27.4. The molecule has 0 saturated heterocycles. The number of nitrogens with zero attached hydrogens (tertiary/aromatic N) is 4. The van der Waals surface area contributed by atoms with Crippen LogP contribution in [-0.4, -0.2) is 19.3 Å². The summed E-state index contributed by atoms with van der Waals surface area (Å²) in [6.45, 7) is 11.0. The molecule has 0 unspecified atom stereocenters. The molecular weight excluding hydrogens is 880 g/mol. The van der Waals surface area contributed by atoms with Crippen molar-refractivity contribution >= 4 is 21.8 Å². The van der Waals surface area contributed by atoms with Crippen LogP contribution in [0.5, 0.6) is 11.5 Å². The van der Waals surface area contributed by atoms with Crippen LogP contribution in [0, 0.1) is 19.1 Å². The number of para-hydroxylation sites is 1. The van der Waals surface area contributed by atoms with Gasteiger partial charge in [-0.25, -0.2) is 4.98 Å². The summed E-state index contributed by atoms with van der Waals surface area (Å²) < 4.78 is 10.8. The summed E-state index contributed by atoms with van der Waals surface area (Å²) in [7, 11) is 0. The van der Waals surface area contributed by atoms with E-state index >= 15 is 0 Å². The van der Waals surface area contributed by atoms with Crippen LogP contribution in [-0.2, 0) is 21.1 Å². The van der Waals surface area contributed by atoms with Crippen molar-refractivity contribution in [1.82, 2.24) is 19.3 Å². The van der Waals surface area contributed by atoms with Gasteiger partial charge < -0.3 is 9.30 Å². The molecule has 0 bridgehead atoms. The van der Waals surface area contributed by atoms with Gasteiger partial charge in [0.2, 0.25) is 0 Å². The second-order valence-electron chi connectivity index (χ2n) is 15.0. The van der Waals surface area contributed by atoms with Gasteiger partial charge in [-0.3, -0.25) is 4.68 Å². The molecule has 0 aliphatic carbocycles. The molecule has 0 aliphatic heterocycles. The first kappa shape index (κ1) is 37.9. The molecule has 0 N–H and O–H groups in total. The topological polar surface area (TPSA) is 44.9 Å². The van der Waals surface area contributed by atoms with Crippen molar-refractivity contribution in [3.8, 4) is 56.4 Å². The number of aromatic nitrogens is 4. The van der Waals surface area contributed by atoms with Gasteiger partial charge in [-0.2, -0.15) is 17.2 Å². The SMILES string of the molecule is Cc1ccnc(-n2c3[c-]c(Oc4[c-]c(-n5nc(C(C)C)c(-c6c(-c7ccccc7)cccc6-c6ccccc6)c5C(C)C)ccc4)ccc3c3ccccc32)c1.[Pt+2]. The molecule has 57 heavy (non-hydrogen) atoms. The van der Waals surface area contributed by atoms with Crippen molar-refractivity contribution in [2.45, 2.75) is 46.5 Å². The van der Waals surface area contributed by atoms with Gasteiger partial charge in [0.25, 0.3) is 0 Å². The number of fused-ring (bicyclic) bond motifs is 3. The Balaban J connectivity index is 0.00000455. The molecule has 0 aliphatic rings. The van der Waals surface area contributed by atoms with Crippen LogP contribution in [0.4, 0.5) is 0 Å². The molecule has 6 aromatic carbocycles. The molecule has 0 atom stereocenters. The van der Waals surface area contributed by atoms with Crippen LogP contribution in [0.3, 0.4) is 0 Å². The number of ether oxygens (including phenoxy) is 1. The third-order valence-electron chi connectivity index (χ3n) is 10.4. The van der Waals surface area contributed by atoms with Crippen molar-refractivity contribution < 1.29 is 25.8 Å². The van der Waals surface area contributed by atoms with Gasteiger partial charge in [0, 0.05) is 34.3 Å². The Kier molecular flexibility index (Phi) is 10.5. The zero-order valence-electron chi connectivity index (χ0n) is 32.6. The molecule has 9 aromatic rings. The molecule has 0 spiro atoms. The number of rotatable bonds is 9. The standard InChI is InChI=1S/C51H42N4O.Pt/c1-33(2)50-49(48-41(36-16-8-6-9-17-36)23-15-24-42(48)37-18-10-7-11-19-37)51(34(3)4)55(53-50)38-20-14-21-39(31-38)56-40-26-27-44-43-22-12-13-25-45(43)54(46(44)32-40)47-30-35(5)28-29-52-47;/h6-30,33-34H,1-5H3;/q-2;+2. The summed E-state index contributed by atoms with van der Waals surface area (Å²) in [5, 5.41) is 7.66.